The van der Waals surface area contributed by atoms with Crippen molar-refractivity contribution in [1.29, 1.82) is 0 Å². The van der Waals surface area contributed by atoms with Crippen LogP contribution in [0.5, 0.6) is 17.2 Å². The second-order valence-electron chi connectivity index (χ2n) is 13.5. The number of aromatic amines is 1. The molecule has 0 saturated heterocycles. The molecule has 0 aliphatic heterocycles. The van der Waals surface area contributed by atoms with Crippen LogP contribution < -0.4 is 20.3 Å². The Kier molecular flexibility index (Phi) is 10.3. The monoisotopic (exact) mass is 645 g/mol. The number of carbonyl (C=O) groups excluding carboxylic acids is 1. The van der Waals surface area contributed by atoms with Crippen LogP contribution in [-0.4, -0.2) is 21.8 Å². The van der Waals surface area contributed by atoms with Crippen molar-refractivity contribution in [2.45, 2.75) is 84.7 Å². The number of nitrogens with one attached hydrogen (secondary N) is 2. The van der Waals surface area contributed by atoms with Crippen molar-refractivity contribution < 1.29 is 14.3 Å². The van der Waals surface area contributed by atoms with Gasteiger partial charge in [-0.3, -0.25) is 14.7 Å². The molecule has 0 fully saturated rings. The van der Waals surface area contributed by atoms with E-state index < -0.39 is 6.10 Å². The summed E-state index contributed by atoms with van der Waals surface area (Å²) in [6.45, 7) is 15.3. The van der Waals surface area contributed by atoms with E-state index in [4.69, 9.17) is 9.47 Å². The van der Waals surface area contributed by atoms with Crippen LogP contribution in [0.4, 0.5) is 5.69 Å². The topological polar surface area (TPSA) is 85.3 Å². The molecule has 0 saturated carbocycles. The molecular weight excluding hydrogens is 598 g/mol. The lowest BCUT2D eigenvalue weighted by atomic mass is 9.76. The third kappa shape index (κ3) is 7.41. The zero-order valence-corrected chi connectivity index (χ0v) is 29.1. The number of aromatic nitrogens is 2. The highest BCUT2D eigenvalue weighted by atomic mass is 16.5. The van der Waals surface area contributed by atoms with Gasteiger partial charge in [0.05, 0.1) is 5.69 Å². The molecule has 250 valence electrons. The summed E-state index contributed by atoms with van der Waals surface area (Å²) in [7, 11) is 0. The van der Waals surface area contributed by atoms with Crippen LogP contribution in [0, 0.1) is 0 Å². The van der Waals surface area contributed by atoms with Crippen molar-refractivity contribution in [3.05, 3.63) is 125 Å². The Morgan fingerprint density at radius 3 is 2.04 bits per heavy atom. The van der Waals surface area contributed by atoms with E-state index >= 15 is 0 Å². The first-order valence-electron chi connectivity index (χ1n) is 16.8. The molecule has 0 spiro atoms. The van der Waals surface area contributed by atoms with Crippen LogP contribution in [0.15, 0.2) is 108 Å². The van der Waals surface area contributed by atoms with Crippen molar-refractivity contribution in [3.63, 3.8) is 0 Å². The van der Waals surface area contributed by atoms with Crippen molar-refractivity contribution in [2.24, 2.45) is 0 Å². The van der Waals surface area contributed by atoms with Crippen LogP contribution in [0.2, 0.25) is 0 Å². The summed E-state index contributed by atoms with van der Waals surface area (Å²) < 4.78 is 14.0. The fourth-order valence-electron chi connectivity index (χ4n) is 5.47. The van der Waals surface area contributed by atoms with Crippen LogP contribution in [0.1, 0.15) is 78.9 Å². The van der Waals surface area contributed by atoms with E-state index in [2.05, 4.69) is 64.1 Å². The first kappa shape index (κ1) is 34.3. The Balaban J connectivity index is 1.38. The summed E-state index contributed by atoms with van der Waals surface area (Å²) in [5, 5.41) is 6.24. The van der Waals surface area contributed by atoms with E-state index in [1.165, 1.54) is 10.2 Å². The lowest BCUT2D eigenvalue weighted by Crippen LogP contribution is -2.33. The molecule has 1 amide bonds. The number of hydrogen-bond acceptors (Lipinski definition) is 4. The number of benzene rings is 4. The number of carbonyl (C=O) groups is 1. The zero-order chi connectivity index (χ0) is 34.5. The molecule has 2 N–H and O–H groups in total. The maximum absolute atomic E-state index is 13.7. The fraction of sp³-hybridized carbons (Fsp3) is 0.317. The molecule has 48 heavy (non-hydrogen) atoms. The van der Waals surface area contributed by atoms with Gasteiger partial charge in [-0.1, -0.05) is 109 Å². The first-order valence-corrected chi connectivity index (χ1v) is 16.8. The molecular formula is C41H47N3O4. The SMILES string of the molecule is CCC(Oc1ccc(C(C)(C)CC)cc1C(C)(C)CC)C(=O)Nc1ccc(-n2[nH]c(-c3ccccc3)c(Oc3ccccc3)c2=O)cc1. The number of anilines is 1. The number of H-pyrrole nitrogens is 1. The second kappa shape index (κ2) is 14.4. The lowest BCUT2D eigenvalue weighted by molar-refractivity contribution is -0.122. The second-order valence-corrected chi connectivity index (χ2v) is 13.5. The van der Waals surface area contributed by atoms with Crippen LogP contribution in [-0.2, 0) is 15.6 Å². The normalized spacial score (nSPS) is 12.4. The summed E-state index contributed by atoms with van der Waals surface area (Å²) in [6.07, 6.45) is 1.78. The van der Waals surface area contributed by atoms with Gasteiger partial charge in [0.25, 0.3) is 5.91 Å². The molecule has 0 bridgehead atoms. The number of rotatable bonds is 13. The summed E-state index contributed by atoms with van der Waals surface area (Å²) >= 11 is 0. The zero-order valence-electron chi connectivity index (χ0n) is 29.1. The molecule has 4 aromatic carbocycles. The summed E-state index contributed by atoms with van der Waals surface area (Å²) in [5.41, 5.74) is 4.56. The van der Waals surface area contributed by atoms with Gasteiger partial charge in [0.15, 0.2) is 6.10 Å². The number of nitrogens with zero attached hydrogens (tertiary/aromatic N) is 1. The van der Waals surface area contributed by atoms with Crippen LogP contribution >= 0.6 is 0 Å². The molecule has 1 atom stereocenters. The molecule has 1 heterocycles. The van der Waals surface area contributed by atoms with E-state index in [-0.39, 0.29) is 28.0 Å². The predicted octanol–water partition coefficient (Wildman–Crippen LogP) is 9.80. The number of ether oxygens (including phenoxy) is 2. The van der Waals surface area contributed by atoms with Crippen molar-refractivity contribution in [3.8, 4) is 34.2 Å². The van der Waals surface area contributed by atoms with Crippen LogP contribution in [0.3, 0.4) is 0 Å². The molecule has 5 aromatic rings. The maximum Gasteiger partial charge on any atom is 0.314 e. The Morgan fingerprint density at radius 2 is 1.44 bits per heavy atom. The predicted molar refractivity (Wildman–Crippen MR) is 195 cm³/mol. The Hall–Kier alpha value is -5.04. The molecule has 0 aliphatic carbocycles. The summed E-state index contributed by atoms with van der Waals surface area (Å²) in [6, 6.07) is 32.4. The lowest BCUT2D eigenvalue weighted by Gasteiger charge is -2.31. The third-order valence-electron chi connectivity index (χ3n) is 9.46. The Morgan fingerprint density at radius 1 is 0.812 bits per heavy atom. The van der Waals surface area contributed by atoms with E-state index in [9.17, 15) is 9.59 Å². The van der Waals surface area contributed by atoms with Gasteiger partial charge in [0, 0.05) is 16.8 Å². The molecule has 7 heteroatoms. The van der Waals surface area contributed by atoms with Crippen LogP contribution in [0.25, 0.3) is 16.9 Å². The highest BCUT2D eigenvalue weighted by Crippen LogP contribution is 2.39. The Bertz CT molecular complexity index is 1890. The minimum atomic E-state index is -0.682. The molecule has 1 unspecified atom stereocenters. The quantitative estimate of drug-likeness (QED) is 0.133. The third-order valence-corrected chi connectivity index (χ3v) is 9.46. The van der Waals surface area contributed by atoms with Crippen molar-refractivity contribution in [1.82, 2.24) is 9.78 Å². The fourth-order valence-corrected chi connectivity index (χ4v) is 5.47. The van der Waals surface area contributed by atoms with Gasteiger partial charge in [-0.2, -0.15) is 0 Å². The number of para-hydroxylation sites is 1. The van der Waals surface area contributed by atoms with Gasteiger partial charge in [-0.25, -0.2) is 4.68 Å². The average molecular weight is 646 g/mol. The largest absolute Gasteiger partial charge is 0.480 e. The highest BCUT2D eigenvalue weighted by Gasteiger charge is 2.29. The highest BCUT2D eigenvalue weighted by molar-refractivity contribution is 5.94. The van der Waals surface area contributed by atoms with E-state index in [1.807, 2.05) is 73.7 Å². The van der Waals surface area contributed by atoms with Crippen molar-refractivity contribution >= 4 is 11.6 Å². The standard InChI is InChI=1S/C41H47N3O4/c1-8-34(48-35-26-21-29(40(4,5)9-2)27-33(35)41(6,7)10-3)38(45)42-30-22-24-31(25-23-30)44-39(46)37(47-32-19-15-12-16-20-32)36(43-44)28-17-13-11-14-18-28/h11-27,34,43H,8-10H2,1-7H3,(H,42,45). The average Bonchev–Trinajstić information content (AvgIpc) is 3.43. The minimum Gasteiger partial charge on any atom is -0.480 e. The first-order chi connectivity index (χ1) is 23.0. The molecule has 1 aromatic heterocycles. The smallest absolute Gasteiger partial charge is 0.314 e. The van der Waals surface area contributed by atoms with Gasteiger partial charge in [0.2, 0.25) is 5.75 Å². The van der Waals surface area contributed by atoms with Gasteiger partial charge >= 0.3 is 5.56 Å². The molecule has 5 rings (SSSR count). The maximum atomic E-state index is 13.7. The molecule has 0 radical (unpaired) electrons. The van der Waals surface area contributed by atoms with Gasteiger partial charge in [0.1, 0.15) is 17.2 Å². The van der Waals surface area contributed by atoms with E-state index in [0.717, 1.165) is 29.7 Å². The summed E-state index contributed by atoms with van der Waals surface area (Å²) in [4.78, 5) is 27.2. The Labute approximate surface area is 283 Å². The summed E-state index contributed by atoms with van der Waals surface area (Å²) in [5.74, 6) is 1.27. The number of amides is 1. The molecule has 0 aliphatic rings. The molecule has 7 nitrogen and oxygen atoms in total. The minimum absolute atomic E-state index is 0.0374. The van der Waals surface area contributed by atoms with E-state index in [0.29, 0.717) is 29.2 Å². The van der Waals surface area contributed by atoms with Crippen molar-refractivity contribution in [2.75, 3.05) is 5.32 Å². The van der Waals surface area contributed by atoms with Gasteiger partial charge in [-0.05, 0) is 78.1 Å². The van der Waals surface area contributed by atoms with Gasteiger partial charge < -0.3 is 14.8 Å². The number of hydrogen-bond donors (Lipinski definition) is 2. The van der Waals surface area contributed by atoms with E-state index in [1.54, 1.807) is 24.3 Å². The van der Waals surface area contributed by atoms with Gasteiger partial charge in [-0.15, -0.1) is 0 Å².